The Morgan fingerprint density at radius 3 is 2.33 bits per heavy atom. The molecule has 0 radical (unpaired) electrons. The van der Waals surface area contributed by atoms with Gasteiger partial charge in [-0.05, 0) is 48.2 Å². The molecular weight excluding hydrogens is 332 g/mol. The standard InChI is InChI=1S/C23H20N4/c1-27(19-13-16-7-2-3-8-17(16)14-19)23-20-10-4-5-11-21(20)25-22(26-23)18-9-6-12-24-15-18/h2-12,15,19H,13-14H2,1H3. The fourth-order valence-corrected chi connectivity index (χ4v) is 3.94. The monoisotopic (exact) mass is 352 g/mol. The Labute approximate surface area is 158 Å². The number of nitrogens with zero attached hydrogens (tertiary/aromatic N) is 4. The van der Waals surface area contributed by atoms with Gasteiger partial charge < -0.3 is 4.90 Å². The van der Waals surface area contributed by atoms with E-state index in [1.54, 1.807) is 6.20 Å². The molecule has 2 aromatic heterocycles. The molecule has 5 rings (SSSR count). The molecule has 0 N–H and O–H groups in total. The van der Waals surface area contributed by atoms with E-state index in [2.05, 4.69) is 59.4 Å². The number of hydrogen-bond acceptors (Lipinski definition) is 4. The molecule has 1 aliphatic rings. The van der Waals surface area contributed by atoms with Crippen LogP contribution in [0.1, 0.15) is 11.1 Å². The molecule has 4 heteroatoms. The third kappa shape index (κ3) is 2.83. The molecule has 2 aromatic carbocycles. The first-order valence-corrected chi connectivity index (χ1v) is 9.26. The van der Waals surface area contributed by atoms with E-state index in [-0.39, 0.29) is 0 Å². The maximum absolute atomic E-state index is 4.95. The molecular formula is C23H20N4. The molecule has 4 aromatic rings. The van der Waals surface area contributed by atoms with Crippen molar-refractivity contribution in [2.45, 2.75) is 18.9 Å². The zero-order chi connectivity index (χ0) is 18.2. The van der Waals surface area contributed by atoms with Gasteiger partial charge in [0, 0.05) is 36.4 Å². The lowest BCUT2D eigenvalue weighted by Gasteiger charge is -2.27. The molecule has 0 saturated heterocycles. The number of likely N-dealkylation sites (N-methyl/N-ethyl adjacent to an activating group) is 1. The number of para-hydroxylation sites is 1. The average molecular weight is 352 g/mol. The van der Waals surface area contributed by atoms with E-state index in [1.807, 2.05) is 24.4 Å². The van der Waals surface area contributed by atoms with Crippen molar-refractivity contribution in [2.75, 3.05) is 11.9 Å². The summed E-state index contributed by atoms with van der Waals surface area (Å²) in [6.07, 6.45) is 5.69. The number of fused-ring (bicyclic) bond motifs is 2. The van der Waals surface area contributed by atoms with E-state index in [4.69, 9.17) is 9.97 Å². The number of benzene rings is 2. The van der Waals surface area contributed by atoms with E-state index in [1.165, 1.54) is 11.1 Å². The predicted octanol–water partition coefficient (Wildman–Crippen LogP) is 4.30. The molecule has 0 spiro atoms. The summed E-state index contributed by atoms with van der Waals surface area (Å²) < 4.78 is 0. The summed E-state index contributed by atoms with van der Waals surface area (Å²) in [6, 6.07) is 21.3. The van der Waals surface area contributed by atoms with Gasteiger partial charge in [0.1, 0.15) is 5.82 Å². The minimum Gasteiger partial charge on any atom is -0.355 e. The van der Waals surface area contributed by atoms with Crippen molar-refractivity contribution in [2.24, 2.45) is 0 Å². The summed E-state index contributed by atoms with van der Waals surface area (Å²) in [6.45, 7) is 0. The van der Waals surface area contributed by atoms with Crippen LogP contribution in [0.2, 0.25) is 0 Å². The maximum atomic E-state index is 4.95. The van der Waals surface area contributed by atoms with Gasteiger partial charge in [-0.25, -0.2) is 9.97 Å². The molecule has 1 aliphatic carbocycles. The fourth-order valence-electron chi connectivity index (χ4n) is 3.94. The third-order valence-corrected chi connectivity index (χ3v) is 5.41. The van der Waals surface area contributed by atoms with Crippen LogP contribution in [-0.4, -0.2) is 28.0 Å². The van der Waals surface area contributed by atoms with Gasteiger partial charge >= 0.3 is 0 Å². The Kier molecular flexibility index (Phi) is 3.82. The van der Waals surface area contributed by atoms with Crippen molar-refractivity contribution in [1.29, 1.82) is 0 Å². The number of pyridine rings is 1. The number of hydrogen-bond donors (Lipinski definition) is 0. The lowest BCUT2D eigenvalue weighted by molar-refractivity contribution is 0.661. The summed E-state index contributed by atoms with van der Waals surface area (Å²) >= 11 is 0. The van der Waals surface area contributed by atoms with Crippen molar-refractivity contribution in [3.63, 3.8) is 0 Å². The molecule has 2 heterocycles. The second-order valence-electron chi connectivity index (χ2n) is 7.07. The summed E-state index contributed by atoms with van der Waals surface area (Å²) in [5.74, 6) is 1.71. The SMILES string of the molecule is CN(c1nc(-c2cccnc2)nc2ccccc12)C1Cc2ccccc2C1. The number of aromatic nitrogens is 3. The van der Waals surface area contributed by atoms with Crippen LogP contribution in [0.3, 0.4) is 0 Å². The third-order valence-electron chi connectivity index (χ3n) is 5.41. The van der Waals surface area contributed by atoms with E-state index in [9.17, 15) is 0 Å². The van der Waals surface area contributed by atoms with Gasteiger partial charge in [-0.1, -0.05) is 36.4 Å². The minimum absolute atomic E-state index is 0.405. The van der Waals surface area contributed by atoms with E-state index < -0.39 is 0 Å². The summed E-state index contributed by atoms with van der Waals surface area (Å²) in [7, 11) is 2.15. The summed E-state index contributed by atoms with van der Waals surface area (Å²) in [5.41, 5.74) is 4.79. The van der Waals surface area contributed by atoms with Crippen LogP contribution in [0.4, 0.5) is 5.82 Å². The zero-order valence-corrected chi connectivity index (χ0v) is 15.2. The lowest BCUT2D eigenvalue weighted by Crippen LogP contribution is -2.33. The van der Waals surface area contributed by atoms with E-state index >= 15 is 0 Å². The number of anilines is 1. The second-order valence-corrected chi connectivity index (χ2v) is 7.07. The Bertz CT molecular complexity index is 1080. The molecule has 0 bridgehead atoms. The van der Waals surface area contributed by atoms with Crippen LogP contribution in [0.5, 0.6) is 0 Å². The van der Waals surface area contributed by atoms with Gasteiger partial charge in [0.2, 0.25) is 0 Å². The average Bonchev–Trinajstić information content (AvgIpc) is 3.17. The molecule has 0 fully saturated rings. The molecule has 132 valence electrons. The van der Waals surface area contributed by atoms with Gasteiger partial charge in [0.15, 0.2) is 5.82 Å². The molecule has 0 saturated carbocycles. The van der Waals surface area contributed by atoms with Gasteiger partial charge in [-0.2, -0.15) is 0 Å². The van der Waals surface area contributed by atoms with Gasteiger partial charge in [-0.15, -0.1) is 0 Å². The molecule has 0 atom stereocenters. The highest BCUT2D eigenvalue weighted by molar-refractivity contribution is 5.91. The molecule has 0 aliphatic heterocycles. The van der Waals surface area contributed by atoms with Gasteiger partial charge in [0.25, 0.3) is 0 Å². The van der Waals surface area contributed by atoms with E-state index in [0.717, 1.165) is 41.0 Å². The first kappa shape index (κ1) is 15.9. The van der Waals surface area contributed by atoms with Crippen LogP contribution in [0, 0.1) is 0 Å². The van der Waals surface area contributed by atoms with Crippen LogP contribution in [0.15, 0.2) is 73.1 Å². The van der Waals surface area contributed by atoms with Crippen LogP contribution < -0.4 is 4.90 Å². The number of rotatable bonds is 3. The summed E-state index contributed by atoms with van der Waals surface area (Å²) in [5, 5.41) is 1.09. The van der Waals surface area contributed by atoms with Gasteiger partial charge in [-0.3, -0.25) is 4.98 Å². The zero-order valence-electron chi connectivity index (χ0n) is 15.2. The highest BCUT2D eigenvalue weighted by Crippen LogP contribution is 2.32. The minimum atomic E-state index is 0.405. The fraction of sp³-hybridized carbons (Fsp3) is 0.174. The predicted molar refractivity (Wildman–Crippen MR) is 109 cm³/mol. The Morgan fingerprint density at radius 2 is 1.59 bits per heavy atom. The lowest BCUT2D eigenvalue weighted by atomic mass is 10.1. The molecule has 0 amide bonds. The van der Waals surface area contributed by atoms with Crippen molar-refractivity contribution in [3.05, 3.63) is 84.2 Å². The highest BCUT2D eigenvalue weighted by atomic mass is 15.2. The molecule has 4 nitrogen and oxygen atoms in total. The van der Waals surface area contributed by atoms with Crippen LogP contribution >= 0.6 is 0 Å². The van der Waals surface area contributed by atoms with Crippen molar-refractivity contribution in [3.8, 4) is 11.4 Å². The second kappa shape index (κ2) is 6.47. The summed E-state index contributed by atoms with van der Waals surface area (Å²) in [4.78, 5) is 16.3. The quantitative estimate of drug-likeness (QED) is 0.551. The smallest absolute Gasteiger partial charge is 0.163 e. The Balaban J connectivity index is 1.60. The molecule has 0 unspecified atom stereocenters. The normalized spacial score (nSPS) is 13.7. The van der Waals surface area contributed by atoms with Crippen molar-refractivity contribution >= 4 is 16.7 Å². The van der Waals surface area contributed by atoms with Crippen LogP contribution in [-0.2, 0) is 12.8 Å². The topological polar surface area (TPSA) is 41.9 Å². The van der Waals surface area contributed by atoms with Gasteiger partial charge in [0.05, 0.1) is 5.52 Å². The van der Waals surface area contributed by atoms with E-state index in [0.29, 0.717) is 6.04 Å². The van der Waals surface area contributed by atoms with Crippen molar-refractivity contribution in [1.82, 2.24) is 15.0 Å². The molecule has 27 heavy (non-hydrogen) atoms. The first-order chi connectivity index (χ1) is 13.3. The first-order valence-electron chi connectivity index (χ1n) is 9.26. The Hall–Kier alpha value is -3.27. The highest BCUT2D eigenvalue weighted by Gasteiger charge is 2.26. The Morgan fingerprint density at radius 1 is 0.852 bits per heavy atom. The maximum Gasteiger partial charge on any atom is 0.163 e. The van der Waals surface area contributed by atoms with Crippen molar-refractivity contribution < 1.29 is 0 Å². The largest absolute Gasteiger partial charge is 0.355 e. The van der Waals surface area contributed by atoms with Crippen LogP contribution in [0.25, 0.3) is 22.3 Å².